The monoisotopic (exact) mass is 368 g/mol. The van der Waals surface area contributed by atoms with Crippen molar-refractivity contribution in [2.45, 2.75) is 13.2 Å². The van der Waals surface area contributed by atoms with Gasteiger partial charge < -0.3 is 14.2 Å². The van der Waals surface area contributed by atoms with Gasteiger partial charge in [0.05, 0.1) is 43.4 Å². The molecule has 8 heteroatoms. The Kier molecular flexibility index (Phi) is 6.11. The van der Waals surface area contributed by atoms with Crippen LogP contribution in [0.5, 0.6) is 11.6 Å². The van der Waals surface area contributed by atoms with Crippen LogP contribution in [0.3, 0.4) is 0 Å². The normalized spacial score (nSPS) is 10.6. The minimum absolute atomic E-state index is 0.230. The van der Waals surface area contributed by atoms with Crippen LogP contribution in [0.25, 0.3) is 11.4 Å². The van der Waals surface area contributed by atoms with Crippen molar-refractivity contribution in [3.05, 3.63) is 54.0 Å². The van der Waals surface area contributed by atoms with Crippen molar-refractivity contribution in [1.82, 2.24) is 19.7 Å². The van der Waals surface area contributed by atoms with Crippen molar-refractivity contribution in [3.8, 4) is 23.0 Å². The van der Waals surface area contributed by atoms with Gasteiger partial charge in [0.1, 0.15) is 12.4 Å². The maximum atomic E-state index is 11.3. The number of hydrogen-bond donors (Lipinski definition) is 0. The Hall–Kier alpha value is -3.26. The zero-order valence-electron chi connectivity index (χ0n) is 15.2. The first-order chi connectivity index (χ1) is 13.3. The van der Waals surface area contributed by atoms with Gasteiger partial charge in [0, 0.05) is 31.1 Å². The van der Waals surface area contributed by atoms with Crippen LogP contribution in [-0.2, 0) is 17.9 Å². The highest BCUT2D eigenvalue weighted by atomic mass is 16.5. The molecule has 0 saturated heterocycles. The van der Waals surface area contributed by atoms with E-state index in [0.29, 0.717) is 36.6 Å². The molecule has 0 aromatic carbocycles. The fraction of sp³-hybridized carbons (Fsp3) is 0.263. The van der Waals surface area contributed by atoms with E-state index in [-0.39, 0.29) is 6.61 Å². The SMILES string of the molecule is COCCn1nccc1-c1ncccc1COc1cnc(OC)cc1C=O. The molecule has 8 nitrogen and oxygen atoms in total. The van der Waals surface area contributed by atoms with E-state index in [1.165, 1.54) is 19.4 Å². The van der Waals surface area contributed by atoms with Gasteiger partial charge in [-0.15, -0.1) is 0 Å². The number of pyridine rings is 2. The van der Waals surface area contributed by atoms with Crippen LogP contribution in [-0.4, -0.2) is 46.9 Å². The van der Waals surface area contributed by atoms with Crippen LogP contribution in [0.4, 0.5) is 0 Å². The lowest BCUT2D eigenvalue weighted by Gasteiger charge is -2.13. The van der Waals surface area contributed by atoms with Gasteiger partial charge in [-0.25, -0.2) is 4.98 Å². The number of carbonyl (C=O) groups excluding carboxylic acids is 1. The fourth-order valence-corrected chi connectivity index (χ4v) is 2.59. The average molecular weight is 368 g/mol. The van der Waals surface area contributed by atoms with Crippen LogP contribution < -0.4 is 9.47 Å². The Labute approximate surface area is 156 Å². The number of carbonyl (C=O) groups is 1. The zero-order chi connectivity index (χ0) is 19.1. The van der Waals surface area contributed by atoms with Gasteiger partial charge in [-0.2, -0.15) is 5.10 Å². The predicted octanol–water partition coefficient (Wildman–Crippen LogP) is 2.39. The summed E-state index contributed by atoms with van der Waals surface area (Å²) in [6, 6.07) is 7.19. The molecule has 3 aromatic rings. The lowest BCUT2D eigenvalue weighted by Crippen LogP contribution is -2.09. The zero-order valence-corrected chi connectivity index (χ0v) is 15.2. The molecule has 0 fully saturated rings. The van der Waals surface area contributed by atoms with Crippen LogP contribution in [0.15, 0.2) is 42.9 Å². The Morgan fingerprint density at radius 3 is 2.85 bits per heavy atom. The summed E-state index contributed by atoms with van der Waals surface area (Å²) in [7, 11) is 3.14. The highest BCUT2D eigenvalue weighted by molar-refractivity contribution is 5.79. The lowest BCUT2D eigenvalue weighted by atomic mass is 10.1. The van der Waals surface area contributed by atoms with Gasteiger partial charge in [0.15, 0.2) is 6.29 Å². The van der Waals surface area contributed by atoms with Gasteiger partial charge in [-0.1, -0.05) is 6.07 Å². The summed E-state index contributed by atoms with van der Waals surface area (Å²) in [4.78, 5) is 19.9. The Morgan fingerprint density at radius 2 is 2.07 bits per heavy atom. The number of aldehydes is 1. The number of ether oxygens (including phenoxy) is 3. The van der Waals surface area contributed by atoms with Crippen molar-refractivity contribution >= 4 is 6.29 Å². The van der Waals surface area contributed by atoms with Crippen molar-refractivity contribution < 1.29 is 19.0 Å². The summed E-state index contributed by atoms with van der Waals surface area (Å²) in [6.07, 6.45) is 5.63. The first-order valence-electron chi connectivity index (χ1n) is 8.34. The summed E-state index contributed by atoms with van der Waals surface area (Å²) in [5.74, 6) is 0.738. The second-order valence-corrected chi connectivity index (χ2v) is 5.61. The molecule has 27 heavy (non-hydrogen) atoms. The number of aromatic nitrogens is 4. The fourth-order valence-electron chi connectivity index (χ4n) is 2.59. The molecule has 0 aliphatic heterocycles. The van der Waals surface area contributed by atoms with Gasteiger partial charge in [-0.3, -0.25) is 14.5 Å². The first kappa shape index (κ1) is 18.5. The second-order valence-electron chi connectivity index (χ2n) is 5.61. The smallest absolute Gasteiger partial charge is 0.213 e. The molecule has 0 bridgehead atoms. The summed E-state index contributed by atoms with van der Waals surface area (Å²) in [5.41, 5.74) is 2.87. The first-order valence-corrected chi connectivity index (χ1v) is 8.34. The molecule has 0 spiro atoms. The molecule has 3 heterocycles. The molecule has 0 aliphatic rings. The van der Waals surface area contributed by atoms with E-state index < -0.39 is 0 Å². The predicted molar refractivity (Wildman–Crippen MR) is 97.8 cm³/mol. The number of hydrogen-bond acceptors (Lipinski definition) is 7. The molecule has 0 aliphatic carbocycles. The number of nitrogens with zero attached hydrogens (tertiary/aromatic N) is 4. The summed E-state index contributed by atoms with van der Waals surface area (Å²) < 4.78 is 17.8. The molecular weight excluding hydrogens is 348 g/mol. The molecule has 0 saturated carbocycles. The highest BCUT2D eigenvalue weighted by Gasteiger charge is 2.13. The summed E-state index contributed by atoms with van der Waals surface area (Å²) in [6.45, 7) is 1.40. The van der Waals surface area contributed by atoms with Crippen LogP contribution in [0, 0.1) is 0 Å². The molecule has 0 amide bonds. The minimum Gasteiger partial charge on any atom is -0.486 e. The molecule has 0 unspecified atom stereocenters. The minimum atomic E-state index is 0.230. The average Bonchev–Trinajstić information content (AvgIpc) is 3.19. The number of methoxy groups -OCH3 is 2. The maximum absolute atomic E-state index is 11.3. The highest BCUT2D eigenvalue weighted by Crippen LogP contribution is 2.25. The molecule has 0 atom stereocenters. The molecule has 3 aromatic heterocycles. The summed E-state index contributed by atoms with van der Waals surface area (Å²) in [5, 5.41) is 4.32. The van der Waals surface area contributed by atoms with Crippen molar-refractivity contribution in [2.24, 2.45) is 0 Å². The van der Waals surface area contributed by atoms with Crippen LogP contribution in [0.2, 0.25) is 0 Å². The topological polar surface area (TPSA) is 88.4 Å². The second kappa shape index (κ2) is 8.91. The third-order valence-electron chi connectivity index (χ3n) is 3.95. The molecule has 0 N–H and O–H groups in total. The van der Waals surface area contributed by atoms with Gasteiger partial charge in [-0.05, 0) is 12.1 Å². The Morgan fingerprint density at radius 1 is 1.19 bits per heavy atom. The molecule has 3 rings (SSSR count). The van der Waals surface area contributed by atoms with Gasteiger partial charge in [0.2, 0.25) is 5.88 Å². The van der Waals surface area contributed by atoms with E-state index in [2.05, 4.69) is 15.1 Å². The largest absolute Gasteiger partial charge is 0.486 e. The van der Waals surface area contributed by atoms with E-state index in [4.69, 9.17) is 14.2 Å². The van der Waals surface area contributed by atoms with Gasteiger partial charge in [0.25, 0.3) is 0 Å². The Balaban J connectivity index is 1.84. The van der Waals surface area contributed by atoms with Gasteiger partial charge >= 0.3 is 0 Å². The van der Waals surface area contributed by atoms with E-state index in [0.717, 1.165) is 17.0 Å². The van der Waals surface area contributed by atoms with Crippen LogP contribution in [0.1, 0.15) is 15.9 Å². The van der Waals surface area contributed by atoms with Crippen molar-refractivity contribution in [3.63, 3.8) is 0 Å². The Bertz CT molecular complexity index is 910. The van der Waals surface area contributed by atoms with E-state index in [1.54, 1.807) is 19.5 Å². The third kappa shape index (κ3) is 4.29. The third-order valence-corrected chi connectivity index (χ3v) is 3.95. The maximum Gasteiger partial charge on any atom is 0.213 e. The lowest BCUT2D eigenvalue weighted by molar-refractivity contribution is 0.111. The van der Waals surface area contributed by atoms with E-state index in [1.807, 2.05) is 22.9 Å². The van der Waals surface area contributed by atoms with Crippen molar-refractivity contribution in [1.29, 1.82) is 0 Å². The van der Waals surface area contributed by atoms with E-state index >= 15 is 0 Å². The number of rotatable bonds is 9. The van der Waals surface area contributed by atoms with Crippen LogP contribution >= 0.6 is 0 Å². The quantitative estimate of drug-likeness (QED) is 0.536. The molecule has 0 radical (unpaired) electrons. The summed E-state index contributed by atoms with van der Waals surface area (Å²) >= 11 is 0. The van der Waals surface area contributed by atoms with Crippen molar-refractivity contribution in [2.75, 3.05) is 20.8 Å². The standard InChI is InChI=1S/C19H20N4O4/c1-25-9-8-23-16(5-7-22-23)19-14(4-3-6-20-19)13-27-17-11-21-18(26-2)10-15(17)12-24/h3-7,10-12H,8-9,13H2,1-2H3. The molecule has 140 valence electrons. The molecular formula is C19H20N4O4. The van der Waals surface area contributed by atoms with E-state index in [9.17, 15) is 4.79 Å².